The molecule has 24 heavy (non-hydrogen) atoms. The molecule has 0 atom stereocenters. The van der Waals surface area contributed by atoms with E-state index in [-0.39, 0.29) is 11.4 Å². The molecule has 2 aromatic rings. The molecular formula is C11H8F6N4O2S. The van der Waals surface area contributed by atoms with E-state index in [1.165, 1.54) is 11.6 Å². The van der Waals surface area contributed by atoms with Crippen molar-refractivity contribution in [2.45, 2.75) is 18.6 Å². The Hall–Kier alpha value is -2.31. The van der Waals surface area contributed by atoms with Crippen LogP contribution in [0.15, 0.2) is 24.5 Å². The van der Waals surface area contributed by atoms with E-state index in [0.29, 0.717) is 10.7 Å². The SMILES string of the molecule is Cc1nccc(-n2ccc(C(F)(F)F)n2)c1NS(=O)(=O)C(F)(F)F. The predicted octanol–water partition coefficient (Wildman–Crippen LogP) is 2.86. The molecule has 132 valence electrons. The van der Waals surface area contributed by atoms with Crippen LogP contribution in [-0.2, 0) is 16.2 Å². The average molecular weight is 374 g/mol. The molecule has 0 saturated carbocycles. The van der Waals surface area contributed by atoms with Gasteiger partial charge in [0.05, 0.1) is 17.1 Å². The van der Waals surface area contributed by atoms with Gasteiger partial charge in [0.1, 0.15) is 0 Å². The van der Waals surface area contributed by atoms with Crippen LogP contribution >= 0.6 is 0 Å². The summed E-state index contributed by atoms with van der Waals surface area (Å²) in [6.07, 6.45) is -2.84. The number of rotatable bonds is 3. The standard InChI is InChI=1S/C11H8F6N4O2S/c1-6-9(20-24(22,23)11(15,16)17)7(2-4-18-6)21-5-3-8(19-21)10(12,13)14/h2-5,20H,1H3. The lowest BCUT2D eigenvalue weighted by molar-refractivity contribution is -0.141. The van der Waals surface area contributed by atoms with Crippen LogP contribution in [0.25, 0.3) is 5.69 Å². The Morgan fingerprint density at radius 2 is 1.75 bits per heavy atom. The molecule has 1 N–H and O–H groups in total. The number of anilines is 1. The summed E-state index contributed by atoms with van der Waals surface area (Å²) in [5, 5.41) is 3.19. The molecule has 0 radical (unpaired) electrons. The van der Waals surface area contributed by atoms with Gasteiger partial charge in [-0.1, -0.05) is 0 Å². The minimum atomic E-state index is -5.78. The van der Waals surface area contributed by atoms with Crippen LogP contribution in [-0.4, -0.2) is 28.7 Å². The second kappa shape index (κ2) is 5.65. The highest BCUT2D eigenvalue weighted by atomic mass is 32.2. The van der Waals surface area contributed by atoms with Gasteiger partial charge in [-0.05, 0) is 19.1 Å². The number of halogens is 6. The van der Waals surface area contributed by atoms with Crippen LogP contribution in [0.5, 0.6) is 0 Å². The van der Waals surface area contributed by atoms with Gasteiger partial charge in [-0.25, -0.2) is 4.68 Å². The highest BCUT2D eigenvalue weighted by Gasteiger charge is 2.46. The van der Waals surface area contributed by atoms with Crippen LogP contribution < -0.4 is 4.72 Å². The lowest BCUT2D eigenvalue weighted by atomic mass is 10.3. The zero-order valence-electron chi connectivity index (χ0n) is 11.6. The van der Waals surface area contributed by atoms with E-state index in [0.717, 1.165) is 18.5 Å². The van der Waals surface area contributed by atoms with E-state index in [2.05, 4.69) is 10.1 Å². The maximum atomic E-state index is 12.6. The molecule has 0 unspecified atom stereocenters. The van der Waals surface area contributed by atoms with E-state index < -0.39 is 33.1 Å². The molecule has 0 aliphatic rings. The predicted molar refractivity (Wildman–Crippen MR) is 69.7 cm³/mol. The number of sulfonamides is 1. The number of aryl methyl sites for hydroxylation is 1. The van der Waals surface area contributed by atoms with Crippen molar-refractivity contribution in [1.29, 1.82) is 0 Å². The summed E-state index contributed by atoms with van der Waals surface area (Å²) in [6, 6.07) is 1.62. The number of pyridine rings is 1. The van der Waals surface area contributed by atoms with Crippen molar-refractivity contribution in [2.75, 3.05) is 4.72 Å². The zero-order chi connectivity index (χ0) is 18.3. The van der Waals surface area contributed by atoms with Gasteiger partial charge in [0.2, 0.25) is 0 Å². The Balaban J connectivity index is 2.54. The first kappa shape index (κ1) is 18.0. The number of alkyl halides is 6. The first-order chi connectivity index (χ1) is 10.8. The zero-order valence-corrected chi connectivity index (χ0v) is 12.5. The summed E-state index contributed by atoms with van der Waals surface area (Å²) < 4.78 is 99.6. The summed E-state index contributed by atoms with van der Waals surface area (Å²) >= 11 is 0. The van der Waals surface area contributed by atoms with Crippen molar-refractivity contribution >= 4 is 15.7 Å². The fourth-order valence-electron chi connectivity index (χ4n) is 1.67. The number of nitrogens with one attached hydrogen (secondary N) is 1. The van der Waals surface area contributed by atoms with Crippen LogP contribution in [0.2, 0.25) is 0 Å². The third-order valence-electron chi connectivity index (χ3n) is 2.79. The van der Waals surface area contributed by atoms with E-state index >= 15 is 0 Å². The van der Waals surface area contributed by atoms with Gasteiger partial charge in [0.15, 0.2) is 5.69 Å². The number of hydrogen-bond donors (Lipinski definition) is 1. The molecule has 0 spiro atoms. The molecular weight excluding hydrogens is 366 g/mol. The van der Waals surface area contributed by atoms with Gasteiger partial charge in [-0.3, -0.25) is 9.71 Å². The average Bonchev–Trinajstić information content (AvgIpc) is 2.89. The normalized spacial score (nSPS) is 13.1. The highest BCUT2D eigenvalue weighted by molar-refractivity contribution is 7.93. The van der Waals surface area contributed by atoms with Gasteiger partial charge in [-0.15, -0.1) is 0 Å². The van der Waals surface area contributed by atoms with Crippen molar-refractivity contribution < 1.29 is 34.8 Å². The maximum Gasteiger partial charge on any atom is 0.516 e. The van der Waals surface area contributed by atoms with Crippen molar-refractivity contribution in [3.8, 4) is 5.69 Å². The molecule has 0 amide bonds. The van der Waals surface area contributed by atoms with Crippen molar-refractivity contribution in [2.24, 2.45) is 0 Å². The second-order valence-corrected chi connectivity index (χ2v) is 6.16. The number of hydrogen-bond acceptors (Lipinski definition) is 4. The molecule has 2 heterocycles. The van der Waals surface area contributed by atoms with Crippen LogP contribution in [0.3, 0.4) is 0 Å². The van der Waals surface area contributed by atoms with E-state index in [9.17, 15) is 34.8 Å². The van der Waals surface area contributed by atoms with Crippen molar-refractivity contribution in [1.82, 2.24) is 14.8 Å². The lowest BCUT2D eigenvalue weighted by Crippen LogP contribution is -2.30. The summed E-state index contributed by atoms with van der Waals surface area (Å²) in [6.45, 7) is 1.19. The van der Waals surface area contributed by atoms with Crippen LogP contribution in [0, 0.1) is 6.92 Å². The molecule has 0 aliphatic heterocycles. The minimum Gasteiger partial charge on any atom is -0.272 e. The molecule has 0 aromatic carbocycles. The Morgan fingerprint density at radius 1 is 1.12 bits per heavy atom. The maximum absolute atomic E-state index is 12.6. The van der Waals surface area contributed by atoms with Crippen molar-refractivity contribution in [3.05, 3.63) is 35.9 Å². The summed E-state index contributed by atoms with van der Waals surface area (Å²) in [4.78, 5) is 3.63. The summed E-state index contributed by atoms with van der Waals surface area (Å²) in [7, 11) is -5.78. The lowest BCUT2D eigenvalue weighted by Gasteiger charge is -2.15. The molecule has 0 saturated heterocycles. The number of nitrogens with zero attached hydrogens (tertiary/aromatic N) is 3. The highest BCUT2D eigenvalue weighted by Crippen LogP contribution is 2.32. The Labute approximate surface area is 131 Å². The fraction of sp³-hybridized carbons (Fsp3) is 0.273. The van der Waals surface area contributed by atoms with Crippen LogP contribution in [0.4, 0.5) is 32.0 Å². The molecule has 2 aromatic heterocycles. The Kier molecular flexibility index (Phi) is 4.24. The van der Waals surface area contributed by atoms with Gasteiger partial charge in [0, 0.05) is 12.4 Å². The van der Waals surface area contributed by atoms with Crippen LogP contribution in [0.1, 0.15) is 11.4 Å². The third-order valence-corrected chi connectivity index (χ3v) is 3.87. The molecule has 0 bridgehead atoms. The topological polar surface area (TPSA) is 76.9 Å². The second-order valence-electron chi connectivity index (χ2n) is 4.49. The van der Waals surface area contributed by atoms with Crippen molar-refractivity contribution in [3.63, 3.8) is 0 Å². The van der Waals surface area contributed by atoms with Gasteiger partial charge in [0.25, 0.3) is 0 Å². The van der Waals surface area contributed by atoms with Gasteiger partial charge in [-0.2, -0.15) is 39.9 Å². The molecule has 13 heteroatoms. The van der Waals surface area contributed by atoms with E-state index in [4.69, 9.17) is 0 Å². The first-order valence-electron chi connectivity index (χ1n) is 6.01. The molecule has 6 nitrogen and oxygen atoms in total. The molecule has 2 rings (SSSR count). The largest absolute Gasteiger partial charge is 0.516 e. The molecule has 0 fully saturated rings. The summed E-state index contributed by atoms with van der Waals surface area (Å²) in [5.74, 6) is 0. The Bertz CT molecular complexity index is 856. The monoisotopic (exact) mass is 374 g/mol. The minimum absolute atomic E-state index is 0.176. The first-order valence-corrected chi connectivity index (χ1v) is 7.49. The van der Waals surface area contributed by atoms with Gasteiger partial charge >= 0.3 is 21.7 Å². The third kappa shape index (κ3) is 3.44. The Morgan fingerprint density at radius 3 is 2.25 bits per heavy atom. The van der Waals surface area contributed by atoms with E-state index in [1.807, 2.05) is 0 Å². The number of aromatic nitrogens is 3. The molecule has 0 aliphatic carbocycles. The van der Waals surface area contributed by atoms with Gasteiger partial charge < -0.3 is 0 Å². The smallest absolute Gasteiger partial charge is 0.272 e. The quantitative estimate of drug-likeness (QED) is 0.839. The summed E-state index contributed by atoms with van der Waals surface area (Å²) in [5.41, 5.74) is -8.04. The fourth-order valence-corrected chi connectivity index (χ4v) is 2.31. The van der Waals surface area contributed by atoms with E-state index in [1.54, 1.807) is 0 Å².